The molecule has 4 heteroatoms. The van der Waals surface area contributed by atoms with Crippen LogP contribution in [-0.2, 0) is 4.79 Å². The first-order valence-electron chi connectivity index (χ1n) is 5.65. The summed E-state index contributed by atoms with van der Waals surface area (Å²) in [5.41, 5.74) is 3.60. The van der Waals surface area contributed by atoms with Crippen molar-refractivity contribution in [3.8, 4) is 0 Å². The lowest BCUT2D eigenvalue weighted by atomic mass is 10.1. The van der Waals surface area contributed by atoms with Gasteiger partial charge in [-0.25, -0.2) is 0 Å². The van der Waals surface area contributed by atoms with E-state index in [-0.39, 0.29) is 6.04 Å². The third-order valence-electron chi connectivity index (χ3n) is 3.50. The van der Waals surface area contributed by atoms with Gasteiger partial charge in [-0.15, -0.1) is 11.8 Å². The molecule has 17 heavy (non-hydrogen) atoms. The van der Waals surface area contributed by atoms with Crippen molar-refractivity contribution in [2.45, 2.75) is 37.0 Å². The van der Waals surface area contributed by atoms with Crippen LogP contribution in [0.5, 0.6) is 0 Å². The van der Waals surface area contributed by atoms with Crippen LogP contribution in [0.15, 0.2) is 17.0 Å². The number of aryl methyl sites for hydroxylation is 2. The number of fused-ring (bicyclic) bond motifs is 1. The predicted molar refractivity (Wildman–Crippen MR) is 71.1 cm³/mol. The minimum absolute atomic E-state index is 0.00658. The van der Waals surface area contributed by atoms with Gasteiger partial charge in [0.05, 0.1) is 5.69 Å². The summed E-state index contributed by atoms with van der Waals surface area (Å²) in [5.74, 6) is -0.738. The van der Waals surface area contributed by atoms with Gasteiger partial charge in [-0.2, -0.15) is 0 Å². The van der Waals surface area contributed by atoms with Crippen LogP contribution in [0.4, 0.5) is 5.69 Å². The van der Waals surface area contributed by atoms with Crippen molar-refractivity contribution in [1.29, 1.82) is 0 Å². The molecule has 2 atom stereocenters. The summed E-state index contributed by atoms with van der Waals surface area (Å²) < 4.78 is 0. The van der Waals surface area contributed by atoms with Crippen LogP contribution in [0.3, 0.4) is 0 Å². The summed E-state index contributed by atoms with van der Waals surface area (Å²) in [5, 5.41) is 8.83. The second kappa shape index (κ2) is 4.26. The van der Waals surface area contributed by atoms with Gasteiger partial charge in [-0.3, -0.25) is 4.79 Å². The first-order valence-corrected chi connectivity index (χ1v) is 6.53. The summed E-state index contributed by atoms with van der Waals surface area (Å²) in [6.07, 6.45) is 0. The van der Waals surface area contributed by atoms with Crippen molar-refractivity contribution in [2.75, 3.05) is 11.9 Å². The first-order chi connectivity index (χ1) is 7.91. The van der Waals surface area contributed by atoms with E-state index in [1.54, 1.807) is 0 Å². The molecule has 0 aromatic heterocycles. The van der Waals surface area contributed by atoms with Crippen LogP contribution < -0.4 is 4.90 Å². The molecule has 1 heterocycles. The van der Waals surface area contributed by atoms with Gasteiger partial charge in [0, 0.05) is 18.0 Å². The van der Waals surface area contributed by atoms with Crippen LogP contribution in [0.25, 0.3) is 0 Å². The molecule has 1 aromatic rings. The summed E-state index contributed by atoms with van der Waals surface area (Å²) in [7, 11) is 1.97. The van der Waals surface area contributed by atoms with Gasteiger partial charge >= 0.3 is 5.97 Å². The normalized spacial score (nSPS) is 23.4. The minimum Gasteiger partial charge on any atom is -0.480 e. The number of carboxylic acids is 1. The fourth-order valence-electron chi connectivity index (χ4n) is 2.06. The van der Waals surface area contributed by atoms with E-state index < -0.39 is 11.2 Å². The number of nitrogens with zero attached hydrogens (tertiary/aromatic N) is 1. The molecule has 0 bridgehead atoms. The van der Waals surface area contributed by atoms with Crippen LogP contribution in [0.2, 0.25) is 0 Å². The van der Waals surface area contributed by atoms with Crippen molar-refractivity contribution in [3.05, 3.63) is 23.3 Å². The zero-order valence-electron chi connectivity index (χ0n) is 10.5. The number of aliphatic carboxylic acids is 1. The average Bonchev–Trinajstić information content (AvgIpc) is 2.26. The maximum absolute atomic E-state index is 11.2. The Balaban J connectivity index is 2.49. The van der Waals surface area contributed by atoms with E-state index in [1.807, 2.05) is 14.0 Å². The molecule has 0 aliphatic carbocycles. The number of carbonyl (C=O) groups is 1. The average molecular weight is 251 g/mol. The predicted octanol–water partition coefficient (Wildman–Crippen LogP) is 2.69. The molecule has 1 N–H and O–H groups in total. The monoisotopic (exact) mass is 251 g/mol. The number of anilines is 1. The number of carboxylic acid groups (broad SMARTS) is 1. The highest BCUT2D eigenvalue weighted by Crippen LogP contribution is 2.42. The molecule has 92 valence electrons. The molecule has 0 spiro atoms. The molecule has 2 unspecified atom stereocenters. The molecule has 1 aromatic carbocycles. The highest BCUT2D eigenvalue weighted by atomic mass is 32.2. The highest BCUT2D eigenvalue weighted by molar-refractivity contribution is 8.01. The molecule has 0 amide bonds. The Morgan fingerprint density at radius 3 is 2.53 bits per heavy atom. The Morgan fingerprint density at radius 2 is 1.94 bits per heavy atom. The van der Waals surface area contributed by atoms with E-state index in [2.05, 4.69) is 30.9 Å². The smallest absolute Gasteiger partial charge is 0.319 e. The largest absolute Gasteiger partial charge is 0.480 e. The highest BCUT2D eigenvalue weighted by Gasteiger charge is 2.34. The van der Waals surface area contributed by atoms with Gasteiger partial charge in [0.1, 0.15) is 5.25 Å². The Hall–Kier alpha value is -1.16. The second-order valence-corrected chi connectivity index (χ2v) is 5.82. The van der Waals surface area contributed by atoms with Gasteiger partial charge in [0.15, 0.2) is 0 Å². The Bertz CT molecular complexity index is 473. The van der Waals surface area contributed by atoms with Crippen LogP contribution in [0.1, 0.15) is 18.1 Å². The van der Waals surface area contributed by atoms with Crippen molar-refractivity contribution >= 4 is 23.4 Å². The zero-order chi connectivity index (χ0) is 12.7. The maximum Gasteiger partial charge on any atom is 0.319 e. The molecule has 1 aliphatic heterocycles. The molecular formula is C13H17NO2S. The van der Waals surface area contributed by atoms with E-state index in [0.29, 0.717) is 0 Å². The van der Waals surface area contributed by atoms with Crippen molar-refractivity contribution in [2.24, 2.45) is 0 Å². The topological polar surface area (TPSA) is 40.5 Å². The standard InChI is InChI=1S/C13H17NO2S/c1-7-5-10-11(6-8(7)2)17-12(13(15)16)9(3)14(10)4/h5-6,9,12H,1-4H3,(H,15,16). The summed E-state index contributed by atoms with van der Waals surface area (Å²) >= 11 is 1.46. The summed E-state index contributed by atoms with van der Waals surface area (Å²) in [4.78, 5) is 14.4. The van der Waals surface area contributed by atoms with E-state index in [9.17, 15) is 9.90 Å². The Morgan fingerprint density at radius 1 is 1.35 bits per heavy atom. The quantitative estimate of drug-likeness (QED) is 0.833. The Kier molecular flexibility index (Phi) is 3.08. The lowest BCUT2D eigenvalue weighted by Crippen LogP contribution is -2.44. The summed E-state index contributed by atoms with van der Waals surface area (Å²) in [6, 6.07) is 4.24. The molecule has 0 fully saturated rings. The number of hydrogen-bond donors (Lipinski definition) is 1. The fraction of sp³-hybridized carbons (Fsp3) is 0.462. The fourth-order valence-corrected chi connectivity index (χ4v) is 3.38. The van der Waals surface area contributed by atoms with Gasteiger partial charge in [0.25, 0.3) is 0 Å². The second-order valence-electron chi connectivity index (χ2n) is 4.63. The molecule has 0 saturated carbocycles. The maximum atomic E-state index is 11.2. The van der Waals surface area contributed by atoms with Gasteiger partial charge in [0.2, 0.25) is 0 Å². The number of benzene rings is 1. The van der Waals surface area contributed by atoms with Gasteiger partial charge < -0.3 is 10.0 Å². The van der Waals surface area contributed by atoms with E-state index in [1.165, 1.54) is 22.9 Å². The third kappa shape index (κ3) is 2.02. The molecule has 2 rings (SSSR count). The SMILES string of the molecule is Cc1cc2c(cc1C)N(C)C(C)C(C(=O)O)S2. The molecule has 0 saturated heterocycles. The van der Waals surface area contributed by atoms with Crippen molar-refractivity contribution in [1.82, 2.24) is 0 Å². The van der Waals surface area contributed by atoms with Gasteiger partial charge in [-0.1, -0.05) is 0 Å². The van der Waals surface area contributed by atoms with Crippen molar-refractivity contribution in [3.63, 3.8) is 0 Å². The zero-order valence-corrected chi connectivity index (χ0v) is 11.3. The summed E-state index contributed by atoms with van der Waals surface area (Å²) in [6.45, 7) is 6.11. The van der Waals surface area contributed by atoms with Crippen LogP contribution in [0, 0.1) is 13.8 Å². The Labute approximate surface area is 106 Å². The van der Waals surface area contributed by atoms with E-state index in [4.69, 9.17) is 0 Å². The van der Waals surface area contributed by atoms with E-state index >= 15 is 0 Å². The van der Waals surface area contributed by atoms with Gasteiger partial charge in [-0.05, 0) is 44.0 Å². The third-order valence-corrected chi connectivity index (χ3v) is 4.93. The molecule has 1 aliphatic rings. The number of hydrogen-bond acceptors (Lipinski definition) is 3. The van der Waals surface area contributed by atoms with E-state index in [0.717, 1.165) is 10.6 Å². The number of rotatable bonds is 1. The molecule has 0 radical (unpaired) electrons. The number of thioether (sulfide) groups is 1. The molecule has 3 nitrogen and oxygen atoms in total. The van der Waals surface area contributed by atoms with Crippen LogP contribution >= 0.6 is 11.8 Å². The van der Waals surface area contributed by atoms with Crippen molar-refractivity contribution < 1.29 is 9.90 Å². The first kappa shape index (κ1) is 12.3. The van der Waals surface area contributed by atoms with Crippen LogP contribution in [-0.4, -0.2) is 29.4 Å². The molecular weight excluding hydrogens is 234 g/mol. The minimum atomic E-state index is -0.738. The lowest BCUT2D eigenvalue weighted by Gasteiger charge is -2.37. The lowest BCUT2D eigenvalue weighted by molar-refractivity contribution is -0.136.